The van der Waals surface area contributed by atoms with E-state index in [0.29, 0.717) is 12.4 Å². The van der Waals surface area contributed by atoms with Crippen LogP contribution in [-0.2, 0) is 11.2 Å². The summed E-state index contributed by atoms with van der Waals surface area (Å²) in [7, 11) is 0. The molecular formula is C16H15N5O4. The molecule has 0 saturated carbocycles. The van der Waals surface area contributed by atoms with Crippen molar-refractivity contribution in [1.82, 2.24) is 20.3 Å². The Balaban J connectivity index is 1.60. The molecule has 1 N–H and O–H groups in total. The monoisotopic (exact) mass is 341 g/mol. The van der Waals surface area contributed by atoms with Crippen molar-refractivity contribution in [2.75, 3.05) is 11.5 Å². The first-order valence-corrected chi connectivity index (χ1v) is 7.73. The molecule has 0 unspecified atom stereocenters. The Morgan fingerprint density at radius 2 is 2.12 bits per heavy atom. The van der Waals surface area contributed by atoms with Crippen molar-refractivity contribution in [3.8, 4) is 17.5 Å². The van der Waals surface area contributed by atoms with E-state index < -0.39 is 17.5 Å². The first kappa shape index (κ1) is 15.3. The third kappa shape index (κ3) is 2.63. The van der Waals surface area contributed by atoms with Gasteiger partial charge in [0.15, 0.2) is 0 Å². The van der Waals surface area contributed by atoms with Crippen LogP contribution in [-0.4, -0.2) is 39.0 Å². The summed E-state index contributed by atoms with van der Waals surface area (Å²) in [6.07, 6.45) is 2.06. The zero-order valence-corrected chi connectivity index (χ0v) is 13.6. The lowest BCUT2D eigenvalue weighted by Gasteiger charge is -2.14. The molecule has 0 atom stereocenters. The number of anilines is 1. The van der Waals surface area contributed by atoms with E-state index in [1.807, 2.05) is 6.07 Å². The summed E-state index contributed by atoms with van der Waals surface area (Å²) in [5.41, 5.74) is 0.104. The molecule has 2 aromatic rings. The molecule has 9 nitrogen and oxygen atoms in total. The molecule has 4 rings (SSSR count). The summed E-state index contributed by atoms with van der Waals surface area (Å²) < 4.78 is 11.1. The third-order valence-corrected chi connectivity index (χ3v) is 3.97. The number of urea groups is 1. The van der Waals surface area contributed by atoms with Crippen molar-refractivity contribution in [1.29, 1.82) is 0 Å². The van der Waals surface area contributed by atoms with E-state index in [4.69, 9.17) is 9.47 Å². The first-order chi connectivity index (χ1) is 11.9. The Labute approximate surface area is 143 Å². The van der Waals surface area contributed by atoms with Gasteiger partial charge >= 0.3 is 12.0 Å². The normalized spacial score (nSPS) is 17.9. The van der Waals surface area contributed by atoms with Gasteiger partial charge in [-0.2, -0.15) is 14.9 Å². The van der Waals surface area contributed by atoms with Crippen LogP contribution in [0.1, 0.15) is 19.4 Å². The number of aromatic nitrogens is 3. The summed E-state index contributed by atoms with van der Waals surface area (Å²) >= 11 is 0. The number of carbonyl (C=O) groups excluding carboxylic acids is 2. The number of carbonyl (C=O) groups is 2. The lowest BCUT2D eigenvalue weighted by atomic mass is 10.1. The minimum Gasteiger partial charge on any atom is -0.493 e. The van der Waals surface area contributed by atoms with Crippen LogP contribution in [0.4, 0.5) is 10.7 Å². The molecule has 2 aliphatic heterocycles. The number of hydrogen-bond donors (Lipinski definition) is 1. The fraction of sp³-hybridized carbons (Fsp3) is 0.312. The van der Waals surface area contributed by atoms with Gasteiger partial charge in [0.25, 0.3) is 5.91 Å². The molecule has 25 heavy (non-hydrogen) atoms. The third-order valence-electron chi connectivity index (χ3n) is 3.97. The largest absolute Gasteiger partial charge is 0.493 e. The van der Waals surface area contributed by atoms with E-state index in [1.54, 1.807) is 26.0 Å². The van der Waals surface area contributed by atoms with Crippen LogP contribution in [0.2, 0.25) is 0 Å². The van der Waals surface area contributed by atoms with Crippen LogP contribution in [0, 0.1) is 0 Å². The predicted octanol–water partition coefficient (Wildman–Crippen LogP) is 1.43. The van der Waals surface area contributed by atoms with E-state index in [-0.39, 0.29) is 12.0 Å². The molecule has 0 aliphatic carbocycles. The topological polar surface area (TPSA) is 107 Å². The summed E-state index contributed by atoms with van der Waals surface area (Å²) in [6.45, 7) is 3.86. The molecule has 0 spiro atoms. The van der Waals surface area contributed by atoms with Crippen LogP contribution >= 0.6 is 0 Å². The minimum absolute atomic E-state index is 0.0201. The Morgan fingerprint density at radius 3 is 2.88 bits per heavy atom. The number of rotatable bonds is 3. The Kier molecular flexibility index (Phi) is 3.31. The Morgan fingerprint density at radius 1 is 1.28 bits per heavy atom. The molecule has 3 amide bonds. The van der Waals surface area contributed by atoms with Gasteiger partial charge in [0.1, 0.15) is 23.4 Å². The lowest BCUT2D eigenvalue weighted by molar-refractivity contribution is -0.121. The average molecular weight is 341 g/mol. The second-order valence-electron chi connectivity index (χ2n) is 6.23. The van der Waals surface area contributed by atoms with Crippen molar-refractivity contribution in [3.05, 3.63) is 30.1 Å². The molecule has 1 fully saturated rings. The molecule has 0 bridgehead atoms. The van der Waals surface area contributed by atoms with E-state index in [9.17, 15) is 9.59 Å². The van der Waals surface area contributed by atoms with Crippen molar-refractivity contribution in [2.45, 2.75) is 25.8 Å². The number of amides is 3. The molecule has 1 aromatic heterocycles. The summed E-state index contributed by atoms with van der Waals surface area (Å²) in [5, 5.41) is 2.57. The van der Waals surface area contributed by atoms with E-state index in [0.717, 1.165) is 22.6 Å². The molecule has 0 radical (unpaired) electrons. The number of nitrogens with one attached hydrogen (secondary N) is 1. The average Bonchev–Trinajstić information content (AvgIpc) is 3.09. The molecular weight excluding hydrogens is 326 g/mol. The molecule has 9 heteroatoms. The highest BCUT2D eigenvalue weighted by atomic mass is 16.5. The van der Waals surface area contributed by atoms with Crippen molar-refractivity contribution >= 4 is 17.9 Å². The van der Waals surface area contributed by atoms with Gasteiger partial charge in [0, 0.05) is 12.5 Å². The first-order valence-electron chi connectivity index (χ1n) is 7.73. The van der Waals surface area contributed by atoms with Gasteiger partial charge in [-0.15, -0.1) is 0 Å². The standard InChI is InChI=1S/C16H15N5O4/c1-16(2)12(22)21(15(23)20-16)13-17-8-18-14(19-13)25-10-4-3-9-5-6-24-11(9)7-10/h3-4,7-8H,5-6H2,1-2H3,(H,20,23). The van der Waals surface area contributed by atoms with E-state index >= 15 is 0 Å². The molecule has 1 saturated heterocycles. The zero-order valence-electron chi connectivity index (χ0n) is 13.6. The number of ether oxygens (including phenoxy) is 2. The Bertz CT molecular complexity index is 883. The highest BCUT2D eigenvalue weighted by Gasteiger charge is 2.46. The number of fused-ring (bicyclic) bond motifs is 1. The fourth-order valence-corrected chi connectivity index (χ4v) is 2.68. The van der Waals surface area contributed by atoms with Crippen molar-refractivity contribution in [2.24, 2.45) is 0 Å². The predicted molar refractivity (Wildman–Crippen MR) is 85.6 cm³/mol. The molecule has 2 aliphatic rings. The van der Waals surface area contributed by atoms with Crippen LogP contribution in [0.3, 0.4) is 0 Å². The van der Waals surface area contributed by atoms with Gasteiger partial charge in [-0.25, -0.2) is 9.78 Å². The number of benzene rings is 1. The molecule has 3 heterocycles. The van der Waals surface area contributed by atoms with Gasteiger partial charge in [-0.3, -0.25) is 4.79 Å². The quantitative estimate of drug-likeness (QED) is 0.842. The maximum Gasteiger partial charge on any atom is 0.332 e. The highest BCUT2D eigenvalue weighted by molar-refractivity contribution is 6.22. The molecule has 1 aromatic carbocycles. The summed E-state index contributed by atoms with van der Waals surface area (Å²) in [5.74, 6) is 0.731. The van der Waals surface area contributed by atoms with Gasteiger partial charge < -0.3 is 14.8 Å². The fourth-order valence-electron chi connectivity index (χ4n) is 2.68. The highest BCUT2D eigenvalue weighted by Crippen LogP contribution is 2.31. The maximum atomic E-state index is 12.3. The zero-order chi connectivity index (χ0) is 17.6. The second kappa shape index (κ2) is 5.40. The van der Waals surface area contributed by atoms with Gasteiger partial charge in [-0.1, -0.05) is 6.07 Å². The van der Waals surface area contributed by atoms with Crippen LogP contribution in [0.15, 0.2) is 24.5 Å². The second-order valence-corrected chi connectivity index (χ2v) is 6.23. The summed E-state index contributed by atoms with van der Waals surface area (Å²) in [4.78, 5) is 37.1. The maximum absolute atomic E-state index is 12.3. The van der Waals surface area contributed by atoms with Gasteiger partial charge in [-0.05, 0) is 25.5 Å². The van der Waals surface area contributed by atoms with Gasteiger partial charge in [0.2, 0.25) is 5.95 Å². The number of imide groups is 1. The minimum atomic E-state index is -1.01. The SMILES string of the molecule is CC1(C)NC(=O)N(c2ncnc(Oc3ccc4c(c3)OCC4)n2)C1=O. The van der Waals surface area contributed by atoms with Gasteiger partial charge in [0.05, 0.1) is 6.61 Å². The van der Waals surface area contributed by atoms with Crippen molar-refractivity contribution in [3.63, 3.8) is 0 Å². The smallest absolute Gasteiger partial charge is 0.332 e. The van der Waals surface area contributed by atoms with E-state index in [1.165, 1.54) is 6.33 Å². The van der Waals surface area contributed by atoms with Crippen molar-refractivity contribution < 1.29 is 19.1 Å². The number of hydrogen-bond acceptors (Lipinski definition) is 7. The summed E-state index contributed by atoms with van der Waals surface area (Å²) in [6, 6.07) is 4.85. The van der Waals surface area contributed by atoms with E-state index in [2.05, 4.69) is 20.3 Å². The lowest BCUT2D eigenvalue weighted by Crippen LogP contribution is -2.40. The van der Waals surface area contributed by atoms with Crippen LogP contribution in [0.5, 0.6) is 17.5 Å². The Hall–Kier alpha value is -3.23. The number of nitrogens with zero attached hydrogens (tertiary/aromatic N) is 4. The van der Waals surface area contributed by atoms with Crippen LogP contribution < -0.4 is 19.7 Å². The molecule has 128 valence electrons. The van der Waals surface area contributed by atoms with Crippen LogP contribution in [0.25, 0.3) is 0 Å².